The van der Waals surface area contributed by atoms with Crippen LogP contribution >= 0.6 is 12.6 Å². The number of thiol groups is 1. The van der Waals surface area contributed by atoms with Crippen LogP contribution in [0.5, 0.6) is 0 Å². The standard InChI is InChI=1S/C13H18N2S/c1-9(2)5-8-13(16)12-7-6-11(10(3)4)14-15-12/h5-8,10,16H,1-4H3/b13-8-. The van der Waals surface area contributed by atoms with Crippen LogP contribution in [0, 0.1) is 0 Å². The van der Waals surface area contributed by atoms with Crippen LogP contribution in [-0.2, 0) is 0 Å². The molecular weight excluding hydrogens is 216 g/mol. The van der Waals surface area contributed by atoms with Gasteiger partial charge < -0.3 is 0 Å². The fourth-order valence-electron chi connectivity index (χ4n) is 1.12. The van der Waals surface area contributed by atoms with Gasteiger partial charge >= 0.3 is 0 Å². The monoisotopic (exact) mass is 234 g/mol. The van der Waals surface area contributed by atoms with E-state index in [4.69, 9.17) is 0 Å². The Labute approximate surface area is 103 Å². The summed E-state index contributed by atoms with van der Waals surface area (Å²) in [5.41, 5.74) is 3.05. The van der Waals surface area contributed by atoms with E-state index in [-0.39, 0.29) is 0 Å². The van der Waals surface area contributed by atoms with E-state index in [1.165, 1.54) is 5.57 Å². The molecule has 0 saturated carbocycles. The fourth-order valence-corrected chi connectivity index (χ4v) is 1.31. The average molecular weight is 234 g/mol. The van der Waals surface area contributed by atoms with Gasteiger partial charge in [0.2, 0.25) is 0 Å². The second-order valence-corrected chi connectivity index (χ2v) is 4.78. The molecular formula is C13H18N2S. The van der Waals surface area contributed by atoms with Crippen LogP contribution in [-0.4, -0.2) is 10.2 Å². The van der Waals surface area contributed by atoms with E-state index < -0.39 is 0 Å². The van der Waals surface area contributed by atoms with E-state index in [2.05, 4.69) is 36.7 Å². The van der Waals surface area contributed by atoms with Crippen LogP contribution < -0.4 is 0 Å². The molecule has 0 N–H and O–H groups in total. The maximum absolute atomic E-state index is 4.39. The summed E-state index contributed by atoms with van der Waals surface area (Å²) < 4.78 is 0. The second-order valence-electron chi connectivity index (χ2n) is 4.29. The lowest BCUT2D eigenvalue weighted by Gasteiger charge is -2.03. The Kier molecular flexibility index (Phi) is 4.74. The lowest BCUT2D eigenvalue weighted by molar-refractivity contribution is 0.783. The van der Waals surface area contributed by atoms with Gasteiger partial charge in [-0.25, -0.2) is 0 Å². The molecule has 0 aliphatic carbocycles. The van der Waals surface area contributed by atoms with Crippen LogP contribution in [0.25, 0.3) is 4.91 Å². The zero-order chi connectivity index (χ0) is 12.1. The van der Waals surface area contributed by atoms with Gasteiger partial charge in [0, 0.05) is 4.91 Å². The first kappa shape index (κ1) is 13.0. The summed E-state index contributed by atoms with van der Waals surface area (Å²) >= 11 is 4.39. The Morgan fingerprint density at radius 2 is 1.88 bits per heavy atom. The zero-order valence-electron chi connectivity index (χ0n) is 10.2. The molecule has 1 aromatic heterocycles. The van der Waals surface area contributed by atoms with Gasteiger partial charge in [-0.1, -0.05) is 25.5 Å². The SMILES string of the molecule is CC(C)=C/C=C(\S)c1ccc(C(C)C)nn1. The van der Waals surface area contributed by atoms with Gasteiger partial charge in [-0.2, -0.15) is 5.10 Å². The van der Waals surface area contributed by atoms with Crippen LogP contribution in [0.4, 0.5) is 0 Å². The molecule has 3 heteroatoms. The third-order valence-electron chi connectivity index (χ3n) is 2.11. The van der Waals surface area contributed by atoms with Crippen LogP contribution in [0.2, 0.25) is 0 Å². The smallest absolute Gasteiger partial charge is 0.0990 e. The molecule has 86 valence electrons. The van der Waals surface area contributed by atoms with Gasteiger partial charge in [0.25, 0.3) is 0 Å². The Morgan fingerprint density at radius 3 is 2.31 bits per heavy atom. The van der Waals surface area contributed by atoms with Crippen molar-refractivity contribution in [1.82, 2.24) is 10.2 Å². The molecule has 1 rings (SSSR count). The largest absolute Gasteiger partial charge is 0.155 e. The Hall–Kier alpha value is -1.09. The van der Waals surface area contributed by atoms with Gasteiger partial charge in [0.1, 0.15) is 0 Å². The van der Waals surface area contributed by atoms with Gasteiger partial charge in [-0.15, -0.1) is 17.7 Å². The Balaban J connectivity index is 2.90. The molecule has 1 heterocycles. The molecule has 0 aliphatic rings. The number of aromatic nitrogens is 2. The second kappa shape index (κ2) is 5.85. The molecule has 0 bridgehead atoms. The molecule has 0 aliphatic heterocycles. The van der Waals surface area contributed by atoms with Crippen molar-refractivity contribution in [2.45, 2.75) is 33.6 Å². The van der Waals surface area contributed by atoms with E-state index in [0.717, 1.165) is 16.3 Å². The van der Waals surface area contributed by atoms with E-state index in [0.29, 0.717) is 5.92 Å². The highest BCUT2D eigenvalue weighted by Gasteiger charge is 2.03. The Bertz CT molecular complexity index is 398. The zero-order valence-corrected chi connectivity index (χ0v) is 11.1. The first-order valence-electron chi connectivity index (χ1n) is 5.39. The third kappa shape index (κ3) is 3.81. The molecule has 1 aromatic rings. The molecule has 0 radical (unpaired) electrons. The lowest BCUT2D eigenvalue weighted by Crippen LogP contribution is -1.96. The highest BCUT2D eigenvalue weighted by Crippen LogP contribution is 2.17. The molecule has 2 nitrogen and oxygen atoms in total. The highest BCUT2D eigenvalue weighted by atomic mass is 32.1. The van der Waals surface area contributed by atoms with Crippen molar-refractivity contribution < 1.29 is 0 Å². The van der Waals surface area contributed by atoms with Gasteiger partial charge in [0.15, 0.2) is 0 Å². The van der Waals surface area contributed by atoms with Crippen LogP contribution in [0.1, 0.15) is 45.0 Å². The summed E-state index contributed by atoms with van der Waals surface area (Å²) in [6.45, 7) is 8.30. The van der Waals surface area contributed by atoms with Crippen LogP contribution in [0.3, 0.4) is 0 Å². The lowest BCUT2D eigenvalue weighted by atomic mass is 10.1. The maximum atomic E-state index is 4.39. The van der Waals surface area contributed by atoms with Gasteiger partial charge in [-0.05, 0) is 38.0 Å². The summed E-state index contributed by atoms with van der Waals surface area (Å²) in [4.78, 5) is 0.837. The first-order valence-corrected chi connectivity index (χ1v) is 5.83. The van der Waals surface area contributed by atoms with Crippen molar-refractivity contribution in [3.05, 3.63) is 41.2 Å². The predicted molar refractivity (Wildman–Crippen MR) is 72.5 cm³/mol. The summed E-state index contributed by atoms with van der Waals surface area (Å²) in [5.74, 6) is 0.409. The first-order chi connectivity index (χ1) is 7.50. The van der Waals surface area contributed by atoms with Crippen molar-refractivity contribution in [2.75, 3.05) is 0 Å². The molecule has 0 amide bonds. The van der Waals surface area contributed by atoms with Crippen molar-refractivity contribution in [1.29, 1.82) is 0 Å². The summed E-state index contributed by atoms with van der Waals surface area (Å²) in [6.07, 6.45) is 3.96. The van der Waals surface area contributed by atoms with E-state index in [1.807, 2.05) is 38.1 Å². The minimum Gasteiger partial charge on any atom is -0.155 e. The van der Waals surface area contributed by atoms with Crippen LogP contribution in [0.15, 0.2) is 29.9 Å². The van der Waals surface area contributed by atoms with Crippen molar-refractivity contribution in [3.8, 4) is 0 Å². The minimum atomic E-state index is 0.409. The van der Waals surface area contributed by atoms with Crippen molar-refractivity contribution in [2.24, 2.45) is 0 Å². The molecule has 0 atom stereocenters. The van der Waals surface area contributed by atoms with Gasteiger partial charge in [0.05, 0.1) is 11.4 Å². The third-order valence-corrected chi connectivity index (χ3v) is 2.49. The predicted octanol–water partition coefficient (Wildman–Crippen LogP) is 3.84. The van der Waals surface area contributed by atoms with Crippen molar-refractivity contribution >= 4 is 17.5 Å². The molecule has 0 aromatic carbocycles. The number of nitrogens with zero attached hydrogens (tertiary/aromatic N) is 2. The molecule has 0 saturated heterocycles. The summed E-state index contributed by atoms with van der Waals surface area (Å²) in [7, 11) is 0. The topological polar surface area (TPSA) is 25.8 Å². The normalized spacial score (nSPS) is 11.8. The fraction of sp³-hybridized carbons (Fsp3) is 0.385. The maximum Gasteiger partial charge on any atom is 0.0990 e. The van der Waals surface area contributed by atoms with Crippen molar-refractivity contribution in [3.63, 3.8) is 0 Å². The number of hydrogen-bond acceptors (Lipinski definition) is 3. The van der Waals surface area contributed by atoms with E-state index in [9.17, 15) is 0 Å². The Morgan fingerprint density at radius 1 is 1.19 bits per heavy atom. The summed E-state index contributed by atoms with van der Waals surface area (Å²) in [6, 6.07) is 3.96. The number of allylic oxidation sites excluding steroid dienone is 3. The minimum absolute atomic E-state index is 0.409. The molecule has 0 fully saturated rings. The van der Waals surface area contributed by atoms with Gasteiger partial charge in [-0.3, -0.25) is 0 Å². The average Bonchev–Trinajstić information content (AvgIpc) is 2.26. The molecule has 0 spiro atoms. The molecule has 16 heavy (non-hydrogen) atoms. The number of rotatable bonds is 3. The molecule has 0 unspecified atom stereocenters. The number of hydrogen-bond donors (Lipinski definition) is 1. The highest BCUT2D eigenvalue weighted by molar-refractivity contribution is 7.90. The van der Waals surface area contributed by atoms with E-state index >= 15 is 0 Å². The van der Waals surface area contributed by atoms with E-state index in [1.54, 1.807) is 0 Å². The summed E-state index contributed by atoms with van der Waals surface area (Å²) in [5, 5.41) is 8.32. The quantitative estimate of drug-likeness (QED) is 0.635.